The Morgan fingerprint density at radius 3 is 2.62 bits per heavy atom. The summed E-state index contributed by atoms with van der Waals surface area (Å²) in [6.45, 7) is 1.52. The number of aromatic nitrogens is 3. The Bertz CT molecular complexity index is 1190. The fraction of sp³-hybridized carbons (Fsp3) is 0.158. The molecule has 32 heavy (non-hydrogen) atoms. The molecule has 2 amide bonds. The first-order valence-corrected chi connectivity index (χ1v) is 9.83. The number of aliphatic carboxylic acids is 1. The maximum atomic E-state index is 13.4. The molecule has 0 aliphatic rings. The molecular formula is C19H16F2N6O4S. The molecule has 2 aromatic heterocycles. The average Bonchev–Trinajstić information content (AvgIpc) is 3.10. The molecule has 0 atom stereocenters. The van der Waals surface area contributed by atoms with E-state index in [1.807, 2.05) is 0 Å². The van der Waals surface area contributed by atoms with Crippen molar-refractivity contribution in [3.05, 3.63) is 59.2 Å². The van der Waals surface area contributed by atoms with Crippen LogP contribution in [0.5, 0.6) is 0 Å². The fourth-order valence-electron chi connectivity index (χ4n) is 2.52. The van der Waals surface area contributed by atoms with Gasteiger partial charge in [0.25, 0.3) is 11.8 Å². The number of hydrogen-bond donors (Lipinski definition) is 4. The zero-order valence-corrected chi connectivity index (χ0v) is 17.3. The van der Waals surface area contributed by atoms with Gasteiger partial charge >= 0.3 is 5.97 Å². The van der Waals surface area contributed by atoms with Gasteiger partial charge in [-0.1, -0.05) is 0 Å². The quantitative estimate of drug-likeness (QED) is 0.400. The van der Waals surface area contributed by atoms with Crippen LogP contribution in [0.2, 0.25) is 0 Å². The largest absolute Gasteiger partial charge is 0.481 e. The van der Waals surface area contributed by atoms with E-state index in [9.17, 15) is 23.2 Å². The second kappa shape index (κ2) is 9.87. The summed E-state index contributed by atoms with van der Waals surface area (Å²) in [7, 11) is 0. The Labute approximate surface area is 183 Å². The third kappa shape index (κ3) is 5.57. The smallest absolute Gasteiger partial charge is 0.305 e. The Hall–Kier alpha value is -4.00. The molecule has 0 spiro atoms. The van der Waals surface area contributed by atoms with E-state index in [0.717, 1.165) is 23.7 Å². The number of aryl methyl sites for hydroxylation is 1. The highest BCUT2D eigenvalue weighted by Gasteiger charge is 2.20. The minimum atomic E-state index is -1.10. The average molecular weight is 462 g/mol. The van der Waals surface area contributed by atoms with E-state index < -0.39 is 29.4 Å². The lowest BCUT2D eigenvalue weighted by atomic mass is 10.2. The van der Waals surface area contributed by atoms with Crippen molar-refractivity contribution in [2.24, 2.45) is 0 Å². The van der Waals surface area contributed by atoms with Crippen molar-refractivity contribution in [3.8, 4) is 0 Å². The van der Waals surface area contributed by atoms with Gasteiger partial charge in [0, 0.05) is 18.3 Å². The maximum Gasteiger partial charge on any atom is 0.305 e. The minimum Gasteiger partial charge on any atom is -0.481 e. The normalized spacial score (nSPS) is 10.5. The van der Waals surface area contributed by atoms with E-state index >= 15 is 0 Å². The summed E-state index contributed by atoms with van der Waals surface area (Å²) in [6, 6.07) is 2.97. The van der Waals surface area contributed by atoms with Gasteiger partial charge in [0.15, 0.2) is 11.6 Å². The van der Waals surface area contributed by atoms with E-state index in [0.29, 0.717) is 10.7 Å². The number of carboxylic acid groups (broad SMARTS) is 1. The van der Waals surface area contributed by atoms with E-state index in [4.69, 9.17) is 5.11 Å². The number of carbonyl (C=O) groups excluding carboxylic acids is 2. The molecule has 0 fully saturated rings. The molecule has 0 unspecified atom stereocenters. The van der Waals surface area contributed by atoms with Crippen LogP contribution in [0, 0.1) is 18.6 Å². The predicted octanol–water partition coefficient (Wildman–Crippen LogP) is 2.72. The van der Waals surface area contributed by atoms with Crippen molar-refractivity contribution in [1.82, 2.24) is 19.7 Å². The van der Waals surface area contributed by atoms with Gasteiger partial charge in [0.05, 0.1) is 30.1 Å². The van der Waals surface area contributed by atoms with E-state index in [-0.39, 0.29) is 35.7 Å². The summed E-state index contributed by atoms with van der Waals surface area (Å²) in [5.41, 5.74) is 0.533. The van der Waals surface area contributed by atoms with Crippen molar-refractivity contribution in [2.45, 2.75) is 13.3 Å². The second-order valence-electron chi connectivity index (χ2n) is 6.37. The minimum absolute atomic E-state index is 0.0604. The van der Waals surface area contributed by atoms with Crippen molar-refractivity contribution >= 4 is 45.8 Å². The Kier molecular flexibility index (Phi) is 7.00. The van der Waals surface area contributed by atoms with Crippen molar-refractivity contribution in [1.29, 1.82) is 0 Å². The molecule has 1 aromatic carbocycles. The molecule has 4 N–H and O–H groups in total. The number of hydrogen-bond acceptors (Lipinski definition) is 8. The standard InChI is InChI=1S/C19H16F2N6O4S/c1-9-16(18(31)24-10-2-3-11(20)12(21)6-10)19(32-27-9)26-14-8-22-7-13(25-14)17(30)23-5-4-15(28)29/h2-3,6-8H,4-5H2,1H3,(H,23,30)(H,24,31)(H,25,26)(H,28,29). The van der Waals surface area contributed by atoms with Crippen molar-refractivity contribution in [2.75, 3.05) is 17.2 Å². The molecule has 2 heterocycles. The lowest BCUT2D eigenvalue weighted by Crippen LogP contribution is -2.27. The summed E-state index contributed by atoms with van der Waals surface area (Å²) in [5.74, 6) is -4.28. The molecule has 3 rings (SSSR count). The topological polar surface area (TPSA) is 146 Å². The number of benzene rings is 1. The highest BCUT2D eigenvalue weighted by Crippen LogP contribution is 2.28. The maximum absolute atomic E-state index is 13.4. The van der Waals surface area contributed by atoms with Crippen LogP contribution >= 0.6 is 11.5 Å². The Morgan fingerprint density at radius 1 is 1.12 bits per heavy atom. The van der Waals surface area contributed by atoms with Crippen LogP contribution in [0.1, 0.15) is 33.0 Å². The van der Waals surface area contributed by atoms with Crippen LogP contribution in [-0.2, 0) is 4.79 Å². The van der Waals surface area contributed by atoms with Gasteiger partial charge in [-0.15, -0.1) is 0 Å². The van der Waals surface area contributed by atoms with Gasteiger partial charge in [0.1, 0.15) is 16.5 Å². The molecular weight excluding hydrogens is 446 g/mol. The lowest BCUT2D eigenvalue weighted by molar-refractivity contribution is -0.136. The van der Waals surface area contributed by atoms with Crippen LogP contribution in [0.15, 0.2) is 30.6 Å². The van der Waals surface area contributed by atoms with Gasteiger partial charge in [-0.05, 0) is 30.6 Å². The summed E-state index contributed by atoms with van der Waals surface area (Å²) in [4.78, 5) is 43.4. The summed E-state index contributed by atoms with van der Waals surface area (Å²) >= 11 is 0.957. The summed E-state index contributed by atoms with van der Waals surface area (Å²) in [5, 5.41) is 16.7. The first-order chi connectivity index (χ1) is 15.2. The first kappa shape index (κ1) is 22.7. The van der Waals surface area contributed by atoms with Crippen LogP contribution in [-0.4, -0.2) is 43.8 Å². The number of anilines is 3. The molecule has 3 aromatic rings. The number of nitrogens with one attached hydrogen (secondary N) is 3. The first-order valence-electron chi connectivity index (χ1n) is 9.06. The van der Waals surface area contributed by atoms with Gasteiger partial charge in [-0.3, -0.25) is 19.4 Å². The SMILES string of the molecule is Cc1nsc(Nc2cncc(C(=O)NCCC(=O)O)n2)c1C(=O)Nc1ccc(F)c(F)c1. The second-order valence-corrected chi connectivity index (χ2v) is 7.14. The van der Waals surface area contributed by atoms with Crippen LogP contribution in [0.4, 0.5) is 25.3 Å². The molecule has 0 radical (unpaired) electrons. The molecule has 10 nitrogen and oxygen atoms in total. The number of carbonyl (C=O) groups is 3. The summed E-state index contributed by atoms with van der Waals surface area (Å²) < 4.78 is 30.6. The van der Waals surface area contributed by atoms with Gasteiger partial charge in [0.2, 0.25) is 0 Å². The number of rotatable bonds is 8. The van der Waals surface area contributed by atoms with Gasteiger partial charge in [-0.2, -0.15) is 4.37 Å². The highest BCUT2D eigenvalue weighted by molar-refractivity contribution is 7.10. The fourth-order valence-corrected chi connectivity index (χ4v) is 3.32. The van der Waals surface area contributed by atoms with Crippen molar-refractivity contribution < 1.29 is 28.3 Å². The molecule has 166 valence electrons. The predicted molar refractivity (Wildman–Crippen MR) is 111 cm³/mol. The van der Waals surface area contributed by atoms with E-state index in [2.05, 4.69) is 30.3 Å². The molecule has 0 saturated carbocycles. The number of halogens is 2. The van der Waals surface area contributed by atoms with E-state index in [1.54, 1.807) is 6.92 Å². The Morgan fingerprint density at radius 2 is 1.91 bits per heavy atom. The molecule has 0 saturated heterocycles. The zero-order chi connectivity index (χ0) is 23.3. The zero-order valence-electron chi connectivity index (χ0n) is 16.5. The van der Waals surface area contributed by atoms with Crippen LogP contribution < -0.4 is 16.0 Å². The molecule has 0 aliphatic carbocycles. The monoisotopic (exact) mass is 462 g/mol. The Balaban J connectivity index is 1.75. The number of amides is 2. The number of carboxylic acids is 1. The lowest BCUT2D eigenvalue weighted by Gasteiger charge is -2.09. The molecule has 13 heteroatoms. The molecule has 0 bridgehead atoms. The van der Waals surface area contributed by atoms with Crippen LogP contribution in [0.3, 0.4) is 0 Å². The highest BCUT2D eigenvalue weighted by atomic mass is 32.1. The number of nitrogens with zero attached hydrogens (tertiary/aromatic N) is 3. The third-order valence-corrected chi connectivity index (χ3v) is 4.85. The van der Waals surface area contributed by atoms with Crippen molar-refractivity contribution in [3.63, 3.8) is 0 Å². The van der Waals surface area contributed by atoms with Crippen LogP contribution in [0.25, 0.3) is 0 Å². The van der Waals surface area contributed by atoms with Gasteiger partial charge < -0.3 is 21.1 Å². The van der Waals surface area contributed by atoms with E-state index in [1.165, 1.54) is 18.5 Å². The third-order valence-electron chi connectivity index (χ3n) is 4.00. The van der Waals surface area contributed by atoms with Gasteiger partial charge in [-0.25, -0.2) is 13.8 Å². The summed E-state index contributed by atoms with van der Waals surface area (Å²) in [6.07, 6.45) is 2.28. The molecule has 0 aliphatic heterocycles.